The van der Waals surface area contributed by atoms with E-state index in [1.54, 1.807) is 0 Å². The molecule has 18 heavy (non-hydrogen) atoms. The Morgan fingerprint density at radius 2 is 1.94 bits per heavy atom. The zero-order valence-electron chi connectivity index (χ0n) is 9.78. The molecule has 0 saturated heterocycles. The van der Waals surface area contributed by atoms with Crippen molar-refractivity contribution in [3.63, 3.8) is 0 Å². The number of rotatable bonds is 2. The highest BCUT2D eigenvalue weighted by molar-refractivity contribution is 5.86. The number of benzene rings is 1. The van der Waals surface area contributed by atoms with Crippen LogP contribution in [-0.4, -0.2) is 18.3 Å². The largest absolute Gasteiger partial charge is 0.494 e. The van der Waals surface area contributed by atoms with Crippen molar-refractivity contribution < 1.29 is 22.3 Å². The number of hydrogen-bond acceptors (Lipinski definition) is 1. The molecule has 0 saturated carbocycles. The van der Waals surface area contributed by atoms with Gasteiger partial charge in [0.15, 0.2) is 11.6 Å². The van der Waals surface area contributed by atoms with Crippen molar-refractivity contribution in [3.8, 4) is 5.75 Å². The van der Waals surface area contributed by atoms with E-state index in [0.717, 1.165) is 6.07 Å². The minimum Gasteiger partial charge on any atom is -0.494 e. The molecule has 0 bridgehead atoms. The van der Waals surface area contributed by atoms with Gasteiger partial charge in [-0.1, -0.05) is 0 Å². The summed E-state index contributed by atoms with van der Waals surface area (Å²) in [6, 6.07) is 2.43. The SMILES string of the molecule is COc1cc2c(CC(F)(F)F)c(C)[nH]c2cc1F. The summed E-state index contributed by atoms with van der Waals surface area (Å²) in [4.78, 5) is 2.75. The fourth-order valence-electron chi connectivity index (χ4n) is 1.97. The number of alkyl halides is 3. The Morgan fingerprint density at radius 1 is 1.28 bits per heavy atom. The van der Waals surface area contributed by atoms with Crippen LogP contribution >= 0.6 is 0 Å². The topological polar surface area (TPSA) is 25.0 Å². The van der Waals surface area contributed by atoms with Crippen LogP contribution in [0.15, 0.2) is 12.1 Å². The Bertz CT molecular complexity index is 586. The van der Waals surface area contributed by atoms with Crippen molar-refractivity contribution in [1.29, 1.82) is 0 Å². The Hall–Kier alpha value is -1.72. The average molecular weight is 261 g/mol. The first-order chi connectivity index (χ1) is 8.31. The summed E-state index contributed by atoms with van der Waals surface area (Å²) in [5.41, 5.74) is 0.843. The summed E-state index contributed by atoms with van der Waals surface area (Å²) in [7, 11) is 1.27. The van der Waals surface area contributed by atoms with Gasteiger partial charge in [0.05, 0.1) is 13.5 Å². The minimum atomic E-state index is -4.30. The van der Waals surface area contributed by atoms with E-state index < -0.39 is 18.4 Å². The van der Waals surface area contributed by atoms with Gasteiger partial charge in [0.1, 0.15) is 0 Å². The predicted octanol–water partition coefficient (Wildman–Crippen LogP) is 3.73. The lowest BCUT2D eigenvalue weighted by Crippen LogP contribution is -2.12. The molecule has 0 aliphatic rings. The second-order valence-electron chi connectivity index (χ2n) is 4.05. The molecule has 0 amide bonds. The van der Waals surface area contributed by atoms with Gasteiger partial charge in [0, 0.05) is 22.7 Å². The van der Waals surface area contributed by atoms with Gasteiger partial charge in [0.25, 0.3) is 0 Å². The maximum Gasteiger partial charge on any atom is 0.393 e. The summed E-state index contributed by atoms with van der Waals surface area (Å²) >= 11 is 0. The van der Waals surface area contributed by atoms with E-state index in [9.17, 15) is 17.6 Å². The van der Waals surface area contributed by atoms with Crippen LogP contribution in [0.3, 0.4) is 0 Å². The van der Waals surface area contributed by atoms with Gasteiger partial charge in [-0.2, -0.15) is 13.2 Å². The molecule has 1 aromatic carbocycles. The smallest absolute Gasteiger partial charge is 0.393 e. The number of halogens is 4. The van der Waals surface area contributed by atoms with E-state index in [0.29, 0.717) is 16.6 Å². The number of aromatic amines is 1. The van der Waals surface area contributed by atoms with E-state index in [1.165, 1.54) is 20.1 Å². The molecule has 98 valence electrons. The summed E-state index contributed by atoms with van der Waals surface area (Å²) < 4.78 is 55.6. The van der Waals surface area contributed by atoms with Crippen molar-refractivity contribution in [2.45, 2.75) is 19.5 Å². The molecule has 1 aromatic heterocycles. The van der Waals surface area contributed by atoms with Gasteiger partial charge in [-0.05, 0) is 18.6 Å². The van der Waals surface area contributed by atoms with Crippen molar-refractivity contribution in [2.24, 2.45) is 0 Å². The Balaban J connectivity index is 2.62. The third kappa shape index (κ3) is 2.27. The summed E-state index contributed by atoms with van der Waals surface area (Å²) in [6.45, 7) is 1.53. The van der Waals surface area contributed by atoms with Crippen LogP contribution in [-0.2, 0) is 6.42 Å². The molecule has 0 spiro atoms. The highest BCUT2D eigenvalue weighted by atomic mass is 19.4. The van der Waals surface area contributed by atoms with E-state index in [1.807, 2.05) is 0 Å². The fourth-order valence-corrected chi connectivity index (χ4v) is 1.97. The van der Waals surface area contributed by atoms with E-state index in [-0.39, 0.29) is 11.3 Å². The lowest BCUT2D eigenvalue weighted by atomic mass is 10.1. The van der Waals surface area contributed by atoms with Crippen molar-refractivity contribution in [3.05, 3.63) is 29.2 Å². The Morgan fingerprint density at radius 3 is 2.50 bits per heavy atom. The van der Waals surface area contributed by atoms with Gasteiger partial charge >= 0.3 is 6.18 Å². The molecular weight excluding hydrogens is 250 g/mol. The number of aromatic nitrogens is 1. The highest BCUT2D eigenvalue weighted by Gasteiger charge is 2.30. The summed E-state index contributed by atoms with van der Waals surface area (Å²) in [5, 5.41) is 0.336. The average Bonchev–Trinajstić information content (AvgIpc) is 2.52. The molecule has 0 aliphatic carbocycles. The first-order valence-corrected chi connectivity index (χ1v) is 5.23. The quantitative estimate of drug-likeness (QED) is 0.819. The van der Waals surface area contributed by atoms with Crippen LogP contribution in [0, 0.1) is 12.7 Å². The molecule has 0 radical (unpaired) electrons. The van der Waals surface area contributed by atoms with Gasteiger partial charge in [0.2, 0.25) is 0 Å². The van der Waals surface area contributed by atoms with Crippen molar-refractivity contribution >= 4 is 10.9 Å². The van der Waals surface area contributed by atoms with Gasteiger partial charge in [-0.3, -0.25) is 0 Å². The fraction of sp³-hybridized carbons (Fsp3) is 0.333. The summed E-state index contributed by atoms with van der Waals surface area (Å²) in [6.07, 6.45) is -5.35. The maximum absolute atomic E-state index is 13.4. The molecule has 2 nitrogen and oxygen atoms in total. The summed E-state index contributed by atoms with van der Waals surface area (Å²) in [5.74, 6) is -0.672. The molecule has 6 heteroatoms. The first kappa shape index (κ1) is 12.7. The second kappa shape index (κ2) is 4.19. The molecule has 0 unspecified atom stereocenters. The number of H-pyrrole nitrogens is 1. The minimum absolute atomic E-state index is 0.0649. The molecular formula is C12H11F4NO. The normalized spacial score (nSPS) is 12.1. The van der Waals surface area contributed by atoms with Crippen LogP contribution in [0.4, 0.5) is 17.6 Å². The lowest BCUT2D eigenvalue weighted by Gasteiger charge is -2.07. The third-order valence-electron chi connectivity index (χ3n) is 2.77. The zero-order chi connectivity index (χ0) is 13.5. The number of hydrogen-bond donors (Lipinski definition) is 1. The number of fused-ring (bicyclic) bond motifs is 1. The van der Waals surface area contributed by atoms with Crippen LogP contribution in [0.5, 0.6) is 5.75 Å². The van der Waals surface area contributed by atoms with Crippen molar-refractivity contribution in [1.82, 2.24) is 4.98 Å². The number of aryl methyl sites for hydroxylation is 1. The Labute approximate surface area is 101 Å². The van der Waals surface area contributed by atoms with E-state index in [2.05, 4.69) is 4.98 Å². The van der Waals surface area contributed by atoms with Crippen LogP contribution < -0.4 is 4.74 Å². The molecule has 2 aromatic rings. The number of ether oxygens (including phenoxy) is 1. The van der Waals surface area contributed by atoms with Crippen molar-refractivity contribution in [2.75, 3.05) is 7.11 Å². The third-order valence-corrected chi connectivity index (χ3v) is 2.77. The van der Waals surface area contributed by atoms with Crippen LogP contribution in [0.1, 0.15) is 11.3 Å². The van der Waals surface area contributed by atoms with Crippen LogP contribution in [0.2, 0.25) is 0 Å². The predicted molar refractivity (Wildman–Crippen MR) is 59.3 cm³/mol. The first-order valence-electron chi connectivity index (χ1n) is 5.23. The molecule has 0 aliphatic heterocycles. The maximum atomic E-state index is 13.4. The number of methoxy groups -OCH3 is 1. The van der Waals surface area contributed by atoms with E-state index >= 15 is 0 Å². The Kier molecular flexibility index (Phi) is 2.96. The standard InChI is InChI=1S/C12H11F4NO/c1-6-8(5-12(14,15)16)7-3-11(18-2)9(13)4-10(7)17-6/h3-4,17H,5H2,1-2H3. The second-order valence-corrected chi connectivity index (χ2v) is 4.05. The zero-order valence-corrected chi connectivity index (χ0v) is 9.78. The molecule has 0 fully saturated rings. The van der Waals surface area contributed by atoms with E-state index in [4.69, 9.17) is 4.74 Å². The lowest BCUT2D eigenvalue weighted by molar-refractivity contribution is -0.127. The highest BCUT2D eigenvalue weighted by Crippen LogP contribution is 2.32. The van der Waals surface area contributed by atoms with Gasteiger partial charge in [-0.15, -0.1) is 0 Å². The molecule has 1 N–H and O–H groups in total. The molecule has 1 heterocycles. The number of nitrogens with one attached hydrogen (secondary N) is 1. The molecule has 0 atom stereocenters. The van der Waals surface area contributed by atoms with Gasteiger partial charge in [-0.25, -0.2) is 4.39 Å². The molecule has 2 rings (SSSR count). The van der Waals surface area contributed by atoms with Crippen LogP contribution in [0.25, 0.3) is 10.9 Å². The monoisotopic (exact) mass is 261 g/mol. The van der Waals surface area contributed by atoms with Gasteiger partial charge < -0.3 is 9.72 Å².